The molecule has 1 saturated carbocycles. The summed E-state index contributed by atoms with van der Waals surface area (Å²) >= 11 is 0. The maximum atomic E-state index is 3.94. The average molecular weight is 154 g/mol. The summed E-state index contributed by atoms with van der Waals surface area (Å²) in [7, 11) is 0. The van der Waals surface area contributed by atoms with Gasteiger partial charge in [0, 0.05) is 1.43 Å². The molecule has 0 unspecified atom stereocenters. The summed E-state index contributed by atoms with van der Waals surface area (Å²) in [4.78, 5) is 0. The monoisotopic (exact) mass is 154 g/mol. The molecule has 0 N–H and O–H groups in total. The fourth-order valence-electron chi connectivity index (χ4n) is 1.93. The average Bonchev–Trinajstić information content (AvgIpc) is 2.03. The number of allylic oxidation sites excluding steroid dienone is 1. The van der Waals surface area contributed by atoms with Gasteiger partial charge in [0.25, 0.3) is 0 Å². The van der Waals surface area contributed by atoms with Crippen LogP contribution in [0.1, 0.15) is 53.3 Å². The molecule has 0 saturated heterocycles. The minimum absolute atomic E-state index is 0. The van der Waals surface area contributed by atoms with Gasteiger partial charge in [0.15, 0.2) is 0 Å². The van der Waals surface area contributed by atoms with Crippen molar-refractivity contribution in [3.8, 4) is 0 Å². The smallest absolute Gasteiger partial charge is 0 e. The van der Waals surface area contributed by atoms with Crippen molar-refractivity contribution in [2.45, 2.75) is 51.9 Å². The van der Waals surface area contributed by atoms with Crippen molar-refractivity contribution in [2.75, 3.05) is 0 Å². The summed E-state index contributed by atoms with van der Waals surface area (Å²) in [6.45, 7) is 6.08. The molecule has 1 fully saturated rings. The first-order chi connectivity index (χ1) is 5.29. The predicted molar refractivity (Wildman–Crippen MR) is 52.7 cm³/mol. The molecule has 0 aromatic heterocycles. The molecule has 0 amide bonds. The van der Waals surface area contributed by atoms with E-state index in [2.05, 4.69) is 13.5 Å². The minimum atomic E-state index is 0. The van der Waals surface area contributed by atoms with Crippen LogP contribution in [-0.2, 0) is 0 Å². The van der Waals surface area contributed by atoms with Gasteiger partial charge in [0.2, 0.25) is 0 Å². The fraction of sp³-hybridized carbons (Fsp3) is 0.818. The molecule has 0 spiro atoms. The van der Waals surface area contributed by atoms with Gasteiger partial charge in [-0.3, -0.25) is 0 Å². The summed E-state index contributed by atoms with van der Waals surface area (Å²) in [5, 5.41) is 0. The third-order valence-electron chi connectivity index (χ3n) is 2.70. The van der Waals surface area contributed by atoms with Gasteiger partial charge in [0.1, 0.15) is 0 Å². The molecule has 0 heterocycles. The maximum Gasteiger partial charge on any atom is 0 e. The summed E-state index contributed by atoms with van der Waals surface area (Å²) in [6.07, 6.45) is 10.0. The second-order valence-electron chi connectivity index (χ2n) is 4.00. The molecule has 1 aliphatic rings. The van der Waals surface area contributed by atoms with Crippen molar-refractivity contribution < 1.29 is 1.43 Å². The fourth-order valence-corrected chi connectivity index (χ4v) is 1.93. The Balaban J connectivity index is 0.00000121. The van der Waals surface area contributed by atoms with Gasteiger partial charge in [-0.2, -0.15) is 0 Å². The lowest BCUT2D eigenvalue weighted by molar-refractivity contribution is 0.339. The molecule has 0 aromatic rings. The molecule has 0 radical (unpaired) electrons. The lowest BCUT2D eigenvalue weighted by Crippen LogP contribution is -2.05. The predicted octanol–water partition coefficient (Wildman–Crippen LogP) is 4.17. The van der Waals surface area contributed by atoms with Crippen LogP contribution in [0.15, 0.2) is 12.2 Å². The Morgan fingerprint density at radius 2 is 2.00 bits per heavy atom. The minimum Gasteiger partial charge on any atom is -0.100 e. The highest BCUT2D eigenvalue weighted by Gasteiger charge is 2.12. The second-order valence-corrected chi connectivity index (χ2v) is 4.00. The highest BCUT2D eigenvalue weighted by molar-refractivity contribution is 4.88. The first kappa shape index (κ1) is 8.83. The number of hydrogen-bond acceptors (Lipinski definition) is 0. The summed E-state index contributed by atoms with van der Waals surface area (Å²) in [6, 6.07) is 0. The van der Waals surface area contributed by atoms with Crippen molar-refractivity contribution in [2.24, 2.45) is 5.92 Å². The van der Waals surface area contributed by atoms with E-state index in [1.807, 2.05) is 0 Å². The Hall–Kier alpha value is -0.260. The van der Waals surface area contributed by atoms with Crippen molar-refractivity contribution in [3.05, 3.63) is 12.2 Å². The normalized spacial score (nSPS) is 20.1. The van der Waals surface area contributed by atoms with E-state index in [1.54, 1.807) is 0 Å². The Morgan fingerprint density at radius 1 is 1.36 bits per heavy atom. The number of rotatable bonds is 3. The largest absolute Gasteiger partial charge is 0.100 e. The Kier molecular flexibility index (Phi) is 3.68. The third kappa shape index (κ3) is 3.60. The Bertz CT molecular complexity index is 123. The summed E-state index contributed by atoms with van der Waals surface area (Å²) < 4.78 is 0. The van der Waals surface area contributed by atoms with Gasteiger partial charge in [-0.1, -0.05) is 37.7 Å². The molecule has 0 atom stereocenters. The van der Waals surface area contributed by atoms with Crippen molar-refractivity contribution in [3.63, 3.8) is 0 Å². The molecule has 0 aromatic carbocycles. The third-order valence-corrected chi connectivity index (χ3v) is 2.70. The van der Waals surface area contributed by atoms with Gasteiger partial charge in [-0.15, -0.1) is 6.58 Å². The van der Waals surface area contributed by atoms with Crippen LogP contribution in [0.5, 0.6) is 0 Å². The molecular formula is C11H22. The van der Waals surface area contributed by atoms with E-state index in [0.717, 1.165) is 5.92 Å². The zero-order valence-electron chi connectivity index (χ0n) is 7.73. The molecule has 0 bridgehead atoms. The number of hydrogen-bond donors (Lipinski definition) is 0. The first-order valence-corrected chi connectivity index (χ1v) is 4.93. The van der Waals surface area contributed by atoms with E-state index in [-0.39, 0.29) is 1.43 Å². The van der Waals surface area contributed by atoms with Gasteiger partial charge in [-0.25, -0.2) is 0 Å². The SMILES string of the molecule is C=C(C)CCC1CCCCC1.[HH]. The molecule has 0 heteroatoms. The Labute approximate surface area is 72.2 Å². The lowest BCUT2D eigenvalue weighted by atomic mass is 9.85. The quantitative estimate of drug-likeness (QED) is 0.535. The van der Waals surface area contributed by atoms with E-state index in [4.69, 9.17) is 0 Å². The van der Waals surface area contributed by atoms with Gasteiger partial charge >= 0.3 is 0 Å². The molecular weight excluding hydrogens is 132 g/mol. The molecule has 1 rings (SSSR count). The summed E-state index contributed by atoms with van der Waals surface area (Å²) in [5.41, 5.74) is 1.36. The van der Waals surface area contributed by atoms with Crippen LogP contribution in [0, 0.1) is 5.92 Å². The molecule has 1 aliphatic carbocycles. The van der Waals surface area contributed by atoms with Crippen LogP contribution in [0.4, 0.5) is 0 Å². The zero-order valence-corrected chi connectivity index (χ0v) is 7.73. The highest BCUT2D eigenvalue weighted by atomic mass is 14.2. The van der Waals surface area contributed by atoms with Crippen LogP contribution in [0.2, 0.25) is 0 Å². The first-order valence-electron chi connectivity index (χ1n) is 4.93. The standard InChI is InChI=1S/C11H20.H2/c1-10(2)8-9-11-6-4-3-5-7-11;/h11H,1,3-9H2,2H3;1H. The Morgan fingerprint density at radius 3 is 2.55 bits per heavy atom. The maximum absolute atomic E-state index is 3.94. The van der Waals surface area contributed by atoms with Crippen molar-refractivity contribution in [1.29, 1.82) is 0 Å². The van der Waals surface area contributed by atoms with Crippen LogP contribution >= 0.6 is 0 Å². The van der Waals surface area contributed by atoms with E-state index >= 15 is 0 Å². The van der Waals surface area contributed by atoms with E-state index in [1.165, 1.54) is 50.5 Å². The zero-order chi connectivity index (χ0) is 8.10. The van der Waals surface area contributed by atoms with Gasteiger partial charge in [0.05, 0.1) is 0 Å². The van der Waals surface area contributed by atoms with Gasteiger partial charge in [-0.05, 0) is 25.7 Å². The van der Waals surface area contributed by atoms with E-state index in [0.29, 0.717) is 0 Å². The summed E-state index contributed by atoms with van der Waals surface area (Å²) in [5.74, 6) is 1.03. The van der Waals surface area contributed by atoms with Crippen LogP contribution in [-0.4, -0.2) is 0 Å². The van der Waals surface area contributed by atoms with Gasteiger partial charge < -0.3 is 0 Å². The molecule has 11 heavy (non-hydrogen) atoms. The van der Waals surface area contributed by atoms with Crippen LogP contribution in [0.25, 0.3) is 0 Å². The van der Waals surface area contributed by atoms with E-state index < -0.39 is 0 Å². The van der Waals surface area contributed by atoms with E-state index in [9.17, 15) is 0 Å². The highest BCUT2D eigenvalue weighted by Crippen LogP contribution is 2.27. The molecule has 66 valence electrons. The van der Waals surface area contributed by atoms with Crippen LogP contribution < -0.4 is 0 Å². The molecule has 0 nitrogen and oxygen atoms in total. The lowest BCUT2D eigenvalue weighted by Gasteiger charge is -2.21. The molecule has 0 aliphatic heterocycles. The van der Waals surface area contributed by atoms with Crippen molar-refractivity contribution >= 4 is 0 Å². The topological polar surface area (TPSA) is 0 Å². The second kappa shape index (κ2) is 4.58. The van der Waals surface area contributed by atoms with Crippen LogP contribution in [0.3, 0.4) is 0 Å². The van der Waals surface area contributed by atoms with Crippen molar-refractivity contribution in [1.82, 2.24) is 0 Å².